The molecule has 0 spiro atoms. The molecule has 0 fully saturated rings. The standard InChI is InChI=1S/C20H23NO5S/c1-4-13-26-20-14-15(6-12-19(20)25-3)5-11-18(22)16-7-9-17(10-8-16)27(23,24)21-2/h5-12,14,21H,4,13H2,1-3H3/b11-5+. The number of hydrogen-bond donors (Lipinski definition) is 1. The lowest BCUT2D eigenvalue weighted by Gasteiger charge is -2.10. The highest BCUT2D eigenvalue weighted by Crippen LogP contribution is 2.28. The largest absolute Gasteiger partial charge is 0.493 e. The van der Waals surface area contributed by atoms with E-state index in [0.717, 1.165) is 12.0 Å². The van der Waals surface area contributed by atoms with Crippen LogP contribution < -0.4 is 14.2 Å². The van der Waals surface area contributed by atoms with Crippen LogP contribution in [0.25, 0.3) is 6.08 Å². The summed E-state index contributed by atoms with van der Waals surface area (Å²) in [5, 5.41) is 0. The summed E-state index contributed by atoms with van der Waals surface area (Å²) in [6.45, 7) is 2.59. The van der Waals surface area contributed by atoms with Gasteiger partial charge < -0.3 is 9.47 Å². The molecule has 2 rings (SSSR count). The van der Waals surface area contributed by atoms with Crippen molar-refractivity contribution in [1.82, 2.24) is 4.72 Å². The van der Waals surface area contributed by atoms with Gasteiger partial charge in [-0.1, -0.05) is 19.1 Å². The van der Waals surface area contributed by atoms with Gasteiger partial charge >= 0.3 is 0 Å². The van der Waals surface area contributed by atoms with Crippen LogP contribution in [-0.2, 0) is 10.0 Å². The minimum atomic E-state index is -3.52. The van der Waals surface area contributed by atoms with Crippen molar-refractivity contribution < 1.29 is 22.7 Å². The van der Waals surface area contributed by atoms with Gasteiger partial charge in [0.2, 0.25) is 10.0 Å². The first-order valence-electron chi connectivity index (χ1n) is 8.48. The fourth-order valence-corrected chi connectivity index (χ4v) is 3.04. The molecule has 0 aromatic heterocycles. The number of nitrogens with one attached hydrogen (secondary N) is 1. The molecule has 0 atom stereocenters. The maximum Gasteiger partial charge on any atom is 0.240 e. The summed E-state index contributed by atoms with van der Waals surface area (Å²) in [7, 11) is -0.608. The van der Waals surface area contributed by atoms with Crippen molar-refractivity contribution in [2.75, 3.05) is 20.8 Å². The minimum Gasteiger partial charge on any atom is -0.493 e. The number of hydrogen-bond acceptors (Lipinski definition) is 5. The van der Waals surface area contributed by atoms with Crippen LogP contribution in [0.5, 0.6) is 11.5 Å². The van der Waals surface area contributed by atoms with Gasteiger partial charge in [0.1, 0.15) is 0 Å². The fourth-order valence-electron chi connectivity index (χ4n) is 2.31. The highest BCUT2D eigenvalue weighted by molar-refractivity contribution is 7.89. The molecule has 7 heteroatoms. The van der Waals surface area contributed by atoms with E-state index in [1.54, 1.807) is 25.3 Å². The van der Waals surface area contributed by atoms with Crippen LogP contribution in [0, 0.1) is 0 Å². The van der Waals surface area contributed by atoms with Crippen molar-refractivity contribution in [1.29, 1.82) is 0 Å². The molecular weight excluding hydrogens is 366 g/mol. The zero-order valence-corrected chi connectivity index (χ0v) is 16.4. The number of benzene rings is 2. The van der Waals surface area contributed by atoms with Gasteiger partial charge in [-0.05, 0) is 61.5 Å². The lowest BCUT2D eigenvalue weighted by molar-refractivity contribution is 0.104. The Balaban J connectivity index is 2.16. The number of methoxy groups -OCH3 is 1. The summed E-state index contributed by atoms with van der Waals surface area (Å²) in [6, 6.07) is 11.2. The highest BCUT2D eigenvalue weighted by atomic mass is 32.2. The maximum absolute atomic E-state index is 12.3. The van der Waals surface area contributed by atoms with E-state index >= 15 is 0 Å². The summed E-state index contributed by atoms with van der Waals surface area (Å²) in [6.07, 6.45) is 3.99. The van der Waals surface area contributed by atoms with Crippen molar-refractivity contribution >= 4 is 21.9 Å². The molecule has 0 bridgehead atoms. The van der Waals surface area contributed by atoms with E-state index in [9.17, 15) is 13.2 Å². The van der Waals surface area contributed by atoms with Gasteiger partial charge in [0.05, 0.1) is 18.6 Å². The van der Waals surface area contributed by atoms with E-state index in [4.69, 9.17) is 9.47 Å². The second-order valence-electron chi connectivity index (χ2n) is 5.69. The number of sulfonamides is 1. The van der Waals surface area contributed by atoms with Crippen LogP contribution in [0.4, 0.5) is 0 Å². The molecular formula is C20H23NO5S. The molecule has 0 amide bonds. The van der Waals surface area contributed by atoms with Crippen LogP contribution in [-0.4, -0.2) is 35.0 Å². The average Bonchev–Trinajstić information content (AvgIpc) is 2.70. The smallest absolute Gasteiger partial charge is 0.240 e. The number of allylic oxidation sites excluding steroid dienone is 1. The molecule has 0 aliphatic rings. The molecule has 0 unspecified atom stereocenters. The Labute approximate surface area is 159 Å². The van der Waals surface area contributed by atoms with Gasteiger partial charge in [-0.25, -0.2) is 13.1 Å². The molecule has 0 saturated heterocycles. The first-order valence-corrected chi connectivity index (χ1v) is 9.96. The monoisotopic (exact) mass is 389 g/mol. The van der Waals surface area contributed by atoms with E-state index < -0.39 is 10.0 Å². The Morgan fingerprint density at radius 1 is 1.11 bits per heavy atom. The van der Waals surface area contributed by atoms with Crippen LogP contribution in [0.1, 0.15) is 29.3 Å². The van der Waals surface area contributed by atoms with Gasteiger partial charge in [0.25, 0.3) is 0 Å². The Morgan fingerprint density at radius 3 is 2.41 bits per heavy atom. The Bertz CT molecular complexity index is 918. The van der Waals surface area contributed by atoms with Crippen LogP contribution in [0.15, 0.2) is 53.4 Å². The van der Waals surface area contributed by atoms with Gasteiger partial charge in [0, 0.05) is 5.56 Å². The number of ketones is 1. The molecule has 27 heavy (non-hydrogen) atoms. The number of carbonyl (C=O) groups excluding carboxylic acids is 1. The predicted octanol–water partition coefficient (Wildman–Crippen LogP) is 3.29. The van der Waals surface area contributed by atoms with E-state index in [1.165, 1.54) is 37.4 Å². The molecule has 2 aromatic carbocycles. The molecule has 2 aromatic rings. The van der Waals surface area contributed by atoms with Crippen molar-refractivity contribution in [3.05, 3.63) is 59.7 Å². The Hall–Kier alpha value is -2.64. The molecule has 144 valence electrons. The average molecular weight is 389 g/mol. The SMILES string of the molecule is CCCOc1cc(/C=C/C(=O)c2ccc(S(=O)(=O)NC)cc2)ccc1OC. The first-order chi connectivity index (χ1) is 12.9. The lowest BCUT2D eigenvalue weighted by Crippen LogP contribution is -2.18. The summed E-state index contributed by atoms with van der Waals surface area (Å²) in [4.78, 5) is 12.4. The van der Waals surface area contributed by atoms with E-state index in [1.807, 2.05) is 13.0 Å². The van der Waals surface area contributed by atoms with Crippen LogP contribution in [0.3, 0.4) is 0 Å². The molecule has 0 saturated carbocycles. The van der Waals surface area contributed by atoms with Crippen LogP contribution in [0.2, 0.25) is 0 Å². The number of rotatable bonds is 9. The summed E-state index contributed by atoms with van der Waals surface area (Å²) in [5.41, 5.74) is 1.20. The third-order valence-electron chi connectivity index (χ3n) is 3.79. The molecule has 6 nitrogen and oxygen atoms in total. The van der Waals surface area contributed by atoms with Crippen molar-refractivity contribution in [3.63, 3.8) is 0 Å². The summed E-state index contributed by atoms with van der Waals surface area (Å²) in [5.74, 6) is 1.03. The summed E-state index contributed by atoms with van der Waals surface area (Å²) < 4.78 is 36.6. The second kappa shape index (κ2) is 9.34. The zero-order chi connectivity index (χ0) is 19.9. The van der Waals surface area contributed by atoms with E-state index in [0.29, 0.717) is 23.7 Å². The van der Waals surface area contributed by atoms with Crippen LogP contribution >= 0.6 is 0 Å². The van der Waals surface area contributed by atoms with E-state index in [2.05, 4.69) is 4.72 Å². The van der Waals surface area contributed by atoms with Gasteiger partial charge in [0.15, 0.2) is 17.3 Å². The van der Waals surface area contributed by atoms with E-state index in [-0.39, 0.29) is 10.7 Å². The summed E-state index contributed by atoms with van der Waals surface area (Å²) >= 11 is 0. The maximum atomic E-state index is 12.3. The second-order valence-corrected chi connectivity index (χ2v) is 7.57. The Morgan fingerprint density at radius 2 is 1.81 bits per heavy atom. The normalized spacial score (nSPS) is 11.5. The molecule has 0 aliphatic heterocycles. The first kappa shape index (κ1) is 20.7. The third-order valence-corrected chi connectivity index (χ3v) is 5.22. The topological polar surface area (TPSA) is 81.7 Å². The Kier molecular flexibility index (Phi) is 7.15. The number of carbonyl (C=O) groups is 1. The van der Waals surface area contributed by atoms with Crippen molar-refractivity contribution in [2.24, 2.45) is 0 Å². The van der Waals surface area contributed by atoms with Crippen molar-refractivity contribution in [2.45, 2.75) is 18.2 Å². The highest BCUT2D eigenvalue weighted by Gasteiger charge is 2.12. The van der Waals surface area contributed by atoms with Gasteiger partial charge in [-0.15, -0.1) is 0 Å². The quantitative estimate of drug-likeness (QED) is 0.526. The van der Waals surface area contributed by atoms with Gasteiger partial charge in [-0.2, -0.15) is 0 Å². The van der Waals surface area contributed by atoms with Gasteiger partial charge in [-0.3, -0.25) is 4.79 Å². The molecule has 0 aliphatic carbocycles. The third kappa shape index (κ3) is 5.42. The number of ether oxygens (including phenoxy) is 2. The zero-order valence-electron chi connectivity index (χ0n) is 15.6. The lowest BCUT2D eigenvalue weighted by atomic mass is 10.1. The molecule has 0 radical (unpaired) electrons. The van der Waals surface area contributed by atoms with Crippen molar-refractivity contribution in [3.8, 4) is 11.5 Å². The fraction of sp³-hybridized carbons (Fsp3) is 0.250. The molecule has 1 N–H and O–H groups in total. The predicted molar refractivity (Wildman–Crippen MR) is 105 cm³/mol. The molecule has 0 heterocycles. The minimum absolute atomic E-state index is 0.110.